The number of halogens is 7. The Bertz CT molecular complexity index is 1250. The van der Waals surface area contributed by atoms with Crippen LogP contribution in [-0.4, -0.2) is 45.1 Å². The second-order valence-electron chi connectivity index (χ2n) is 9.09. The van der Waals surface area contributed by atoms with Crippen LogP contribution in [0, 0.1) is 17.7 Å². The number of aromatic nitrogens is 4. The molecule has 2 bridgehead atoms. The van der Waals surface area contributed by atoms with Gasteiger partial charge in [0.2, 0.25) is 5.95 Å². The van der Waals surface area contributed by atoms with Gasteiger partial charge < -0.3 is 15.0 Å². The average Bonchev–Trinajstić information content (AvgIpc) is 3.27. The van der Waals surface area contributed by atoms with E-state index in [9.17, 15) is 30.7 Å². The van der Waals surface area contributed by atoms with E-state index in [0.29, 0.717) is 23.5 Å². The zero-order chi connectivity index (χ0) is 26.4. The molecule has 2 aromatic heterocycles. The number of benzene rings is 1. The molecule has 0 amide bonds. The summed E-state index contributed by atoms with van der Waals surface area (Å²) in [7, 11) is 0. The summed E-state index contributed by atoms with van der Waals surface area (Å²) in [5.41, 5.74) is -0.565. The summed E-state index contributed by atoms with van der Waals surface area (Å²) < 4.78 is 98.5. The molecule has 1 aromatic carbocycles. The molecule has 7 nitrogen and oxygen atoms in total. The minimum Gasteiger partial charge on any atom is -0.421 e. The minimum atomic E-state index is -4.62. The molecule has 1 saturated heterocycles. The lowest BCUT2D eigenvalue weighted by Crippen LogP contribution is -2.48. The number of nitrogens with one attached hydrogen (secondary N) is 1. The van der Waals surface area contributed by atoms with E-state index < -0.39 is 36.4 Å². The van der Waals surface area contributed by atoms with Crippen LogP contribution in [0.15, 0.2) is 42.6 Å². The first-order chi connectivity index (χ1) is 17.5. The zero-order valence-electron chi connectivity index (χ0n) is 19.1. The Labute approximate surface area is 206 Å². The van der Waals surface area contributed by atoms with Crippen molar-refractivity contribution >= 4 is 11.6 Å². The lowest BCUT2D eigenvalue weighted by Gasteiger charge is -2.39. The van der Waals surface area contributed by atoms with E-state index >= 15 is 0 Å². The summed E-state index contributed by atoms with van der Waals surface area (Å²) in [5, 5.41) is 7.00. The topological polar surface area (TPSA) is 68.1 Å². The number of piperidine rings is 1. The quantitative estimate of drug-likeness (QED) is 0.424. The first-order valence-electron chi connectivity index (χ1n) is 11.4. The van der Waals surface area contributed by atoms with Crippen LogP contribution in [0.2, 0.25) is 0 Å². The van der Waals surface area contributed by atoms with Gasteiger partial charge in [0.15, 0.2) is 11.6 Å². The Morgan fingerprint density at radius 3 is 2.35 bits per heavy atom. The van der Waals surface area contributed by atoms with Crippen molar-refractivity contribution in [2.24, 2.45) is 11.8 Å². The van der Waals surface area contributed by atoms with Gasteiger partial charge in [-0.3, -0.25) is 4.98 Å². The van der Waals surface area contributed by atoms with Crippen LogP contribution < -0.4 is 15.0 Å². The monoisotopic (exact) mass is 530 g/mol. The summed E-state index contributed by atoms with van der Waals surface area (Å²) >= 11 is 0. The Morgan fingerprint density at radius 2 is 1.70 bits per heavy atom. The summed E-state index contributed by atoms with van der Waals surface area (Å²) in [6.45, 7) is -0.602. The predicted octanol–water partition coefficient (Wildman–Crippen LogP) is 5.51. The summed E-state index contributed by atoms with van der Waals surface area (Å²) in [4.78, 5) is 9.31. The highest BCUT2D eigenvalue weighted by Crippen LogP contribution is 2.41. The molecule has 2 fully saturated rings. The van der Waals surface area contributed by atoms with Crippen molar-refractivity contribution in [1.29, 1.82) is 0 Å². The van der Waals surface area contributed by atoms with Gasteiger partial charge in [0.1, 0.15) is 12.2 Å². The fourth-order valence-corrected chi connectivity index (χ4v) is 4.95. The number of alkyl halides is 6. The molecule has 2 aliphatic rings. The van der Waals surface area contributed by atoms with Gasteiger partial charge in [0.25, 0.3) is 0 Å². The largest absolute Gasteiger partial charge is 0.433 e. The van der Waals surface area contributed by atoms with Crippen LogP contribution in [0.25, 0.3) is 0 Å². The van der Waals surface area contributed by atoms with Gasteiger partial charge in [-0.05, 0) is 48.9 Å². The lowest BCUT2D eigenvalue weighted by atomic mass is 9.92. The van der Waals surface area contributed by atoms with Crippen molar-refractivity contribution in [3.63, 3.8) is 0 Å². The highest BCUT2D eigenvalue weighted by Gasteiger charge is 2.43. The molecule has 3 aromatic rings. The SMILES string of the molecule is Fc1ccccc1Oc1nc(NC2[C@@H]3CC[C@H]2CN(c2ccnc(C(F)(F)F)c2)C3)nn1CC(F)(F)F. The molecule has 3 atom stereocenters. The van der Waals surface area contributed by atoms with Crippen molar-refractivity contribution in [2.45, 2.75) is 37.8 Å². The van der Waals surface area contributed by atoms with Gasteiger partial charge in [-0.1, -0.05) is 12.1 Å². The fraction of sp³-hybridized carbons (Fsp3) is 0.435. The van der Waals surface area contributed by atoms with E-state index in [4.69, 9.17) is 4.74 Å². The summed E-state index contributed by atoms with van der Waals surface area (Å²) in [5.74, 6) is -1.18. The number of pyridine rings is 1. The number of hydrogen-bond acceptors (Lipinski definition) is 6. The number of nitrogens with zero attached hydrogens (tertiary/aromatic N) is 5. The second kappa shape index (κ2) is 9.38. The van der Waals surface area contributed by atoms with Crippen LogP contribution in [0.3, 0.4) is 0 Å². The number of hydrogen-bond donors (Lipinski definition) is 1. The number of para-hydroxylation sites is 1. The van der Waals surface area contributed by atoms with Crippen LogP contribution in [0.5, 0.6) is 11.8 Å². The molecular formula is C23H21F7N6O. The van der Waals surface area contributed by atoms with E-state index in [-0.39, 0.29) is 29.6 Å². The maximum absolute atomic E-state index is 14.0. The molecule has 1 unspecified atom stereocenters. The number of ether oxygens (including phenoxy) is 1. The van der Waals surface area contributed by atoms with Crippen molar-refractivity contribution in [3.8, 4) is 11.8 Å². The predicted molar refractivity (Wildman–Crippen MR) is 118 cm³/mol. The normalized spacial score (nSPS) is 21.8. The maximum Gasteiger partial charge on any atom is 0.433 e. The van der Waals surface area contributed by atoms with Crippen LogP contribution in [-0.2, 0) is 12.7 Å². The molecule has 1 saturated carbocycles. The third-order valence-electron chi connectivity index (χ3n) is 6.53. The van der Waals surface area contributed by atoms with E-state index in [1.165, 1.54) is 24.3 Å². The molecule has 0 radical (unpaired) electrons. The zero-order valence-corrected chi connectivity index (χ0v) is 19.1. The van der Waals surface area contributed by atoms with E-state index in [0.717, 1.165) is 31.2 Å². The number of anilines is 2. The Hall–Kier alpha value is -3.58. The van der Waals surface area contributed by atoms with Gasteiger partial charge in [-0.2, -0.15) is 31.3 Å². The highest BCUT2D eigenvalue weighted by molar-refractivity contribution is 5.49. The molecule has 198 valence electrons. The van der Waals surface area contributed by atoms with Gasteiger partial charge in [0, 0.05) is 31.0 Å². The van der Waals surface area contributed by atoms with E-state index in [1.807, 2.05) is 4.90 Å². The molecule has 3 heterocycles. The number of rotatable bonds is 6. The molecule has 1 aliphatic carbocycles. The molecule has 1 aliphatic heterocycles. The van der Waals surface area contributed by atoms with Gasteiger partial charge >= 0.3 is 18.4 Å². The molecular weight excluding hydrogens is 509 g/mol. The average molecular weight is 530 g/mol. The maximum atomic E-state index is 14.0. The summed E-state index contributed by atoms with van der Waals surface area (Å²) in [6, 6.07) is 7.05. The Morgan fingerprint density at radius 1 is 1.00 bits per heavy atom. The smallest absolute Gasteiger partial charge is 0.421 e. The second-order valence-corrected chi connectivity index (χ2v) is 9.09. The number of fused-ring (bicyclic) bond motifs is 2. The third kappa shape index (κ3) is 5.57. The van der Waals surface area contributed by atoms with Crippen molar-refractivity contribution in [2.75, 3.05) is 23.3 Å². The molecule has 1 N–H and O–H groups in total. The van der Waals surface area contributed by atoms with Crippen molar-refractivity contribution < 1.29 is 35.5 Å². The third-order valence-corrected chi connectivity index (χ3v) is 6.53. The van der Waals surface area contributed by atoms with E-state index in [2.05, 4.69) is 20.4 Å². The van der Waals surface area contributed by atoms with Crippen LogP contribution in [0.1, 0.15) is 18.5 Å². The standard InChI is InChI=1S/C23H21F7N6O/c24-16-3-1-2-4-17(16)37-21-33-20(34-36(21)12-22(25,26)27)32-19-13-5-6-14(19)11-35(10-13)15-7-8-31-18(9-15)23(28,29)30/h1-4,7-9,13-14,19H,5-6,10-12H2,(H,32,34)/t13-,14+,19?. The fourth-order valence-electron chi connectivity index (χ4n) is 4.95. The first kappa shape index (κ1) is 25.1. The molecule has 14 heteroatoms. The van der Waals surface area contributed by atoms with Gasteiger partial charge in [-0.15, -0.1) is 5.10 Å². The van der Waals surface area contributed by atoms with E-state index in [1.54, 1.807) is 0 Å². The Balaban J connectivity index is 1.34. The molecule has 5 rings (SSSR count). The van der Waals surface area contributed by atoms with Crippen LogP contribution in [0.4, 0.5) is 42.4 Å². The van der Waals surface area contributed by atoms with Crippen LogP contribution >= 0.6 is 0 Å². The Kier molecular flexibility index (Phi) is 6.36. The van der Waals surface area contributed by atoms with Crippen molar-refractivity contribution in [3.05, 3.63) is 54.1 Å². The lowest BCUT2D eigenvalue weighted by molar-refractivity contribution is -0.143. The van der Waals surface area contributed by atoms with Gasteiger partial charge in [0.05, 0.1) is 0 Å². The van der Waals surface area contributed by atoms with Gasteiger partial charge in [-0.25, -0.2) is 9.07 Å². The molecule has 0 spiro atoms. The highest BCUT2D eigenvalue weighted by atomic mass is 19.4. The minimum absolute atomic E-state index is 0.00763. The first-order valence-corrected chi connectivity index (χ1v) is 11.4. The molecule has 37 heavy (non-hydrogen) atoms. The summed E-state index contributed by atoms with van der Waals surface area (Å²) in [6.07, 6.45) is -6.50. The van der Waals surface area contributed by atoms with Crippen molar-refractivity contribution in [1.82, 2.24) is 19.7 Å².